The molecule has 1 aromatic rings. The molecule has 1 atom stereocenters. The third kappa shape index (κ3) is 2.27. The number of nitriles is 1. The highest BCUT2D eigenvalue weighted by molar-refractivity contribution is 5.58. The van der Waals surface area contributed by atoms with Crippen molar-refractivity contribution in [1.29, 1.82) is 5.26 Å². The van der Waals surface area contributed by atoms with Crippen LogP contribution in [0.4, 0.5) is 10.1 Å². The summed E-state index contributed by atoms with van der Waals surface area (Å²) < 4.78 is 12.9. The summed E-state index contributed by atoms with van der Waals surface area (Å²) in [4.78, 5) is 0. The highest BCUT2D eigenvalue weighted by atomic mass is 19.1. The van der Waals surface area contributed by atoms with Crippen molar-refractivity contribution in [2.75, 3.05) is 5.32 Å². The monoisotopic (exact) mass is 204 g/mol. The molecule has 1 aliphatic rings. The first-order valence-electron chi connectivity index (χ1n) is 5.17. The van der Waals surface area contributed by atoms with Crippen LogP contribution < -0.4 is 5.32 Å². The molecular formula is C12H13FN2. The molecule has 0 saturated heterocycles. The molecule has 1 aromatic carbocycles. The minimum absolute atomic E-state index is 0.363. The van der Waals surface area contributed by atoms with Crippen molar-refractivity contribution in [3.63, 3.8) is 0 Å². The zero-order valence-electron chi connectivity index (χ0n) is 8.63. The van der Waals surface area contributed by atoms with Crippen LogP contribution in [0.5, 0.6) is 0 Å². The molecule has 0 aromatic heterocycles. The minimum atomic E-state index is -0.365. The fraction of sp³-hybridized carbons (Fsp3) is 0.417. The fourth-order valence-corrected chi connectivity index (χ4v) is 1.69. The quantitative estimate of drug-likeness (QED) is 0.821. The van der Waals surface area contributed by atoms with Crippen LogP contribution in [0.25, 0.3) is 0 Å². The molecular weight excluding hydrogens is 191 g/mol. The van der Waals surface area contributed by atoms with Crippen LogP contribution in [0.1, 0.15) is 25.3 Å². The fourth-order valence-electron chi connectivity index (χ4n) is 1.69. The van der Waals surface area contributed by atoms with Gasteiger partial charge in [-0.2, -0.15) is 5.26 Å². The van der Waals surface area contributed by atoms with Crippen LogP contribution in [-0.4, -0.2) is 6.04 Å². The largest absolute Gasteiger partial charge is 0.381 e. The average molecular weight is 204 g/mol. The van der Waals surface area contributed by atoms with Gasteiger partial charge in [0, 0.05) is 6.04 Å². The number of hydrogen-bond acceptors (Lipinski definition) is 2. The second-order valence-corrected chi connectivity index (χ2v) is 4.07. The molecule has 2 nitrogen and oxygen atoms in total. The van der Waals surface area contributed by atoms with E-state index in [0.29, 0.717) is 17.5 Å². The van der Waals surface area contributed by atoms with Gasteiger partial charge in [-0.05, 0) is 43.9 Å². The molecule has 15 heavy (non-hydrogen) atoms. The third-order valence-corrected chi connectivity index (χ3v) is 2.81. The second-order valence-electron chi connectivity index (χ2n) is 4.07. The lowest BCUT2D eigenvalue weighted by Gasteiger charge is -2.15. The first-order chi connectivity index (χ1) is 7.20. The van der Waals surface area contributed by atoms with Crippen LogP contribution in [-0.2, 0) is 0 Å². The van der Waals surface area contributed by atoms with E-state index in [1.54, 1.807) is 6.07 Å². The smallest absolute Gasteiger partial charge is 0.124 e. The summed E-state index contributed by atoms with van der Waals surface area (Å²) in [6.07, 6.45) is 2.49. The highest BCUT2D eigenvalue weighted by Gasteiger charge is 2.28. The number of hydrogen-bond donors (Lipinski definition) is 1. The number of benzene rings is 1. The summed E-state index contributed by atoms with van der Waals surface area (Å²) in [5.74, 6) is 0.345. The van der Waals surface area contributed by atoms with E-state index in [9.17, 15) is 4.39 Å². The van der Waals surface area contributed by atoms with Crippen molar-refractivity contribution in [3.8, 4) is 6.07 Å². The minimum Gasteiger partial charge on any atom is -0.381 e. The predicted molar refractivity (Wildman–Crippen MR) is 56.9 cm³/mol. The predicted octanol–water partition coefficient (Wildman–Crippen LogP) is 2.91. The summed E-state index contributed by atoms with van der Waals surface area (Å²) in [6.45, 7) is 2.10. The van der Waals surface area contributed by atoms with Gasteiger partial charge in [-0.1, -0.05) is 0 Å². The van der Waals surface area contributed by atoms with Crippen LogP contribution in [0.2, 0.25) is 0 Å². The van der Waals surface area contributed by atoms with Gasteiger partial charge in [0.25, 0.3) is 0 Å². The van der Waals surface area contributed by atoms with Gasteiger partial charge in [-0.3, -0.25) is 0 Å². The Labute approximate surface area is 88.7 Å². The maximum absolute atomic E-state index is 12.9. The Morgan fingerprint density at radius 1 is 1.53 bits per heavy atom. The maximum atomic E-state index is 12.9. The summed E-state index contributed by atoms with van der Waals surface area (Å²) in [5, 5.41) is 12.1. The first kappa shape index (κ1) is 9.97. The molecule has 0 aliphatic heterocycles. The lowest BCUT2D eigenvalue weighted by Crippen LogP contribution is -2.17. The first-order valence-corrected chi connectivity index (χ1v) is 5.17. The molecule has 0 spiro atoms. The molecule has 1 unspecified atom stereocenters. The number of anilines is 1. The molecule has 78 valence electrons. The molecule has 1 saturated carbocycles. The Morgan fingerprint density at radius 3 is 2.87 bits per heavy atom. The van der Waals surface area contributed by atoms with Crippen molar-refractivity contribution in [2.45, 2.75) is 25.8 Å². The van der Waals surface area contributed by atoms with E-state index in [1.807, 2.05) is 6.07 Å². The van der Waals surface area contributed by atoms with Crippen molar-refractivity contribution >= 4 is 5.69 Å². The summed E-state index contributed by atoms with van der Waals surface area (Å²) in [7, 11) is 0. The molecule has 3 heteroatoms. The standard InChI is InChI=1S/C12H13FN2/c1-8(9-2-3-9)15-12-5-4-11(13)6-10(12)7-14/h4-6,8-9,15H,2-3H2,1H3. The molecule has 0 amide bonds. The molecule has 1 N–H and O–H groups in total. The molecule has 1 fully saturated rings. The molecule has 0 bridgehead atoms. The normalized spacial score (nSPS) is 16.9. The Bertz CT molecular complexity index is 405. The number of nitrogens with zero attached hydrogens (tertiary/aromatic N) is 1. The van der Waals surface area contributed by atoms with Crippen molar-refractivity contribution < 1.29 is 4.39 Å². The van der Waals surface area contributed by atoms with Gasteiger partial charge in [0.15, 0.2) is 0 Å². The molecule has 0 heterocycles. The van der Waals surface area contributed by atoms with Gasteiger partial charge in [0.1, 0.15) is 11.9 Å². The zero-order valence-corrected chi connectivity index (χ0v) is 8.63. The number of halogens is 1. The van der Waals surface area contributed by atoms with Crippen molar-refractivity contribution in [2.24, 2.45) is 5.92 Å². The molecule has 2 rings (SSSR count). The van der Waals surface area contributed by atoms with Crippen LogP contribution in [0.3, 0.4) is 0 Å². The highest BCUT2D eigenvalue weighted by Crippen LogP contribution is 2.34. The van der Waals surface area contributed by atoms with Gasteiger partial charge >= 0.3 is 0 Å². The van der Waals surface area contributed by atoms with E-state index in [1.165, 1.54) is 25.0 Å². The van der Waals surface area contributed by atoms with E-state index < -0.39 is 0 Å². The SMILES string of the molecule is CC(Nc1ccc(F)cc1C#N)C1CC1. The van der Waals surface area contributed by atoms with Crippen LogP contribution in [0, 0.1) is 23.1 Å². The Morgan fingerprint density at radius 2 is 2.27 bits per heavy atom. The maximum Gasteiger partial charge on any atom is 0.124 e. The van der Waals surface area contributed by atoms with E-state index >= 15 is 0 Å². The van der Waals surface area contributed by atoms with Gasteiger partial charge in [0.2, 0.25) is 0 Å². The lowest BCUT2D eigenvalue weighted by molar-refractivity contribution is 0.627. The summed E-state index contributed by atoms with van der Waals surface area (Å²) in [6, 6.07) is 6.64. The van der Waals surface area contributed by atoms with Crippen LogP contribution in [0.15, 0.2) is 18.2 Å². The van der Waals surface area contributed by atoms with E-state index in [-0.39, 0.29) is 5.82 Å². The lowest BCUT2D eigenvalue weighted by atomic mass is 10.1. The zero-order chi connectivity index (χ0) is 10.8. The number of nitrogens with one attached hydrogen (secondary N) is 1. The van der Waals surface area contributed by atoms with Gasteiger partial charge in [-0.15, -0.1) is 0 Å². The van der Waals surface area contributed by atoms with Gasteiger partial charge in [-0.25, -0.2) is 4.39 Å². The van der Waals surface area contributed by atoms with Gasteiger partial charge in [0.05, 0.1) is 11.3 Å². The number of rotatable bonds is 3. The second kappa shape index (κ2) is 3.90. The topological polar surface area (TPSA) is 35.8 Å². The van der Waals surface area contributed by atoms with E-state index in [0.717, 1.165) is 5.69 Å². The summed E-state index contributed by atoms with van der Waals surface area (Å²) in [5.41, 5.74) is 1.11. The Hall–Kier alpha value is -1.56. The third-order valence-electron chi connectivity index (χ3n) is 2.81. The molecule has 0 radical (unpaired) electrons. The Balaban J connectivity index is 2.16. The van der Waals surface area contributed by atoms with Crippen LogP contribution >= 0.6 is 0 Å². The Kier molecular flexibility index (Phi) is 2.59. The summed E-state index contributed by atoms with van der Waals surface area (Å²) >= 11 is 0. The van der Waals surface area contributed by atoms with Gasteiger partial charge < -0.3 is 5.32 Å². The molecule has 1 aliphatic carbocycles. The van der Waals surface area contributed by atoms with Crippen molar-refractivity contribution in [1.82, 2.24) is 0 Å². The average Bonchev–Trinajstić information content (AvgIpc) is 3.04. The van der Waals surface area contributed by atoms with E-state index in [2.05, 4.69) is 12.2 Å². The van der Waals surface area contributed by atoms with E-state index in [4.69, 9.17) is 5.26 Å². The van der Waals surface area contributed by atoms with Crippen molar-refractivity contribution in [3.05, 3.63) is 29.6 Å².